The van der Waals surface area contributed by atoms with Gasteiger partial charge in [-0.1, -0.05) is 0 Å². The molecule has 1 aliphatic rings. The van der Waals surface area contributed by atoms with E-state index >= 15 is 0 Å². The summed E-state index contributed by atoms with van der Waals surface area (Å²) >= 11 is 0. The van der Waals surface area contributed by atoms with Crippen molar-refractivity contribution < 1.29 is 9.59 Å². The van der Waals surface area contributed by atoms with Crippen LogP contribution in [0.15, 0.2) is 0 Å². The predicted octanol–water partition coefficient (Wildman–Crippen LogP) is 0.523. The highest BCUT2D eigenvalue weighted by molar-refractivity contribution is 5.76. The highest BCUT2D eigenvalue weighted by atomic mass is 16.2. The molecule has 0 aliphatic heterocycles. The van der Waals surface area contributed by atoms with E-state index in [-0.39, 0.29) is 11.8 Å². The number of primary amides is 1. The first-order valence-electron chi connectivity index (χ1n) is 6.87. The van der Waals surface area contributed by atoms with E-state index in [1.165, 1.54) is 0 Å². The molecule has 0 atom stereocenters. The lowest BCUT2D eigenvalue weighted by molar-refractivity contribution is -0.123. The van der Waals surface area contributed by atoms with E-state index in [1.54, 1.807) is 0 Å². The van der Waals surface area contributed by atoms with Crippen molar-refractivity contribution in [3.05, 3.63) is 0 Å². The standard InChI is InChI=1S/C13H25N3O2/c14-9-11-5-3-10(4-6-11)8-13(18)16-7-1-2-12(15)17/h10-11H,1-9,14H2,(H2,15,17)(H,16,18). The topological polar surface area (TPSA) is 98.2 Å². The van der Waals surface area contributed by atoms with E-state index in [2.05, 4.69) is 5.32 Å². The first-order valence-corrected chi connectivity index (χ1v) is 6.87. The minimum Gasteiger partial charge on any atom is -0.370 e. The highest BCUT2D eigenvalue weighted by Crippen LogP contribution is 2.29. The number of hydrogen-bond donors (Lipinski definition) is 3. The number of carbonyl (C=O) groups excluding carboxylic acids is 2. The van der Waals surface area contributed by atoms with Crippen LogP contribution in [0.5, 0.6) is 0 Å². The summed E-state index contributed by atoms with van der Waals surface area (Å²) in [4.78, 5) is 22.2. The molecule has 18 heavy (non-hydrogen) atoms. The molecule has 0 spiro atoms. The number of nitrogens with one attached hydrogen (secondary N) is 1. The van der Waals surface area contributed by atoms with Gasteiger partial charge in [0.25, 0.3) is 0 Å². The third-order valence-electron chi connectivity index (χ3n) is 3.70. The van der Waals surface area contributed by atoms with Crippen molar-refractivity contribution in [1.82, 2.24) is 5.32 Å². The lowest BCUT2D eigenvalue weighted by Gasteiger charge is -2.27. The summed E-state index contributed by atoms with van der Waals surface area (Å²) < 4.78 is 0. The van der Waals surface area contributed by atoms with E-state index in [0.29, 0.717) is 37.6 Å². The normalized spacial score (nSPS) is 23.6. The molecule has 5 heteroatoms. The van der Waals surface area contributed by atoms with Crippen LogP contribution in [0.1, 0.15) is 44.9 Å². The number of nitrogens with two attached hydrogens (primary N) is 2. The molecule has 1 fully saturated rings. The third-order valence-corrected chi connectivity index (χ3v) is 3.70. The highest BCUT2D eigenvalue weighted by Gasteiger charge is 2.21. The van der Waals surface area contributed by atoms with Crippen LogP contribution in [0.3, 0.4) is 0 Å². The van der Waals surface area contributed by atoms with Gasteiger partial charge in [-0.2, -0.15) is 0 Å². The fourth-order valence-corrected chi connectivity index (χ4v) is 2.50. The second-order valence-electron chi connectivity index (χ2n) is 5.25. The van der Waals surface area contributed by atoms with Gasteiger partial charge in [-0.3, -0.25) is 9.59 Å². The molecule has 0 aromatic carbocycles. The van der Waals surface area contributed by atoms with Gasteiger partial charge < -0.3 is 16.8 Å². The first kappa shape index (κ1) is 15.0. The van der Waals surface area contributed by atoms with Crippen LogP contribution < -0.4 is 16.8 Å². The van der Waals surface area contributed by atoms with Crippen LogP contribution in [-0.2, 0) is 9.59 Å². The second kappa shape index (κ2) is 8.08. The molecular formula is C13H25N3O2. The minimum atomic E-state index is -0.315. The van der Waals surface area contributed by atoms with Crippen molar-refractivity contribution in [2.24, 2.45) is 23.3 Å². The predicted molar refractivity (Wildman–Crippen MR) is 70.6 cm³/mol. The van der Waals surface area contributed by atoms with Crippen LogP contribution in [-0.4, -0.2) is 24.9 Å². The van der Waals surface area contributed by atoms with Gasteiger partial charge >= 0.3 is 0 Å². The Morgan fingerprint density at radius 2 is 1.72 bits per heavy atom. The Morgan fingerprint density at radius 3 is 2.28 bits per heavy atom. The molecule has 0 aromatic rings. The summed E-state index contributed by atoms with van der Waals surface area (Å²) in [5.74, 6) is 0.934. The average molecular weight is 255 g/mol. The Kier molecular flexibility index (Phi) is 6.72. The Balaban J connectivity index is 2.08. The van der Waals surface area contributed by atoms with Crippen molar-refractivity contribution in [3.63, 3.8) is 0 Å². The number of rotatable bonds is 7. The van der Waals surface area contributed by atoms with Gasteiger partial charge in [-0.25, -0.2) is 0 Å². The molecule has 0 unspecified atom stereocenters. The fraction of sp³-hybridized carbons (Fsp3) is 0.846. The van der Waals surface area contributed by atoms with Gasteiger partial charge in [0.05, 0.1) is 0 Å². The van der Waals surface area contributed by atoms with Gasteiger partial charge in [-0.15, -0.1) is 0 Å². The summed E-state index contributed by atoms with van der Waals surface area (Å²) in [6.07, 6.45) is 6.08. The van der Waals surface area contributed by atoms with Gasteiger partial charge in [0.2, 0.25) is 11.8 Å². The second-order valence-corrected chi connectivity index (χ2v) is 5.25. The summed E-state index contributed by atoms with van der Waals surface area (Å²) in [6, 6.07) is 0. The van der Waals surface area contributed by atoms with Gasteiger partial charge in [0.1, 0.15) is 0 Å². The Hall–Kier alpha value is -1.10. The molecule has 1 saturated carbocycles. The summed E-state index contributed by atoms with van der Waals surface area (Å²) in [7, 11) is 0. The van der Waals surface area contributed by atoms with Crippen molar-refractivity contribution in [1.29, 1.82) is 0 Å². The number of hydrogen-bond acceptors (Lipinski definition) is 3. The maximum absolute atomic E-state index is 11.7. The van der Waals surface area contributed by atoms with E-state index in [9.17, 15) is 9.59 Å². The van der Waals surface area contributed by atoms with Crippen molar-refractivity contribution in [3.8, 4) is 0 Å². The molecule has 1 rings (SSSR count). The SMILES string of the molecule is NCC1CCC(CC(=O)NCCCC(N)=O)CC1. The van der Waals surface area contributed by atoms with Crippen LogP contribution in [0, 0.1) is 11.8 Å². The molecular weight excluding hydrogens is 230 g/mol. The first-order chi connectivity index (χ1) is 8.61. The van der Waals surface area contributed by atoms with Crippen molar-refractivity contribution in [2.75, 3.05) is 13.1 Å². The zero-order chi connectivity index (χ0) is 13.4. The molecule has 0 saturated heterocycles. The van der Waals surface area contributed by atoms with Crippen LogP contribution >= 0.6 is 0 Å². The third kappa shape index (κ3) is 6.00. The molecule has 0 aromatic heterocycles. The zero-order valence-corrected chi connectivity index (χ0v) is 11.0. The lowest BCUT2D eigenvalue weighted by atomic mass is 9.80. The fourth-order valence-electron chi connectivity index (χ4n) is 2.50. The van der Waals surface area contributed by atoms with E-state index < -0.39 is 0 Å². The maximum Gasteiger partial charge on any atom is 0.220 e. The summed E-state index contributed by atoms with van der Waals surface area (Å²) in [6.45, 7) is 1.31. The summed E-state index contributed by atoms with van der Waals surface area (Å²) in [5, 5.41) is 2.84. The van der Waals surface area contributed by atoms with Gasteiger partial charge in [-0.05, 0) is 50.5 Å². The molecule has 0 bridgehead atoms. The zero-order valence-electron chi connectivity index (χ0n) is 11.0. The van der Waals surface area contributed by atoms with E-state index in [4.69, 9.17) is 11.5 Å². The van der Waals surface area contributed by atoms with Crippen LogP contribution in [0.2, 0.25) is 0 Å². The van der Waals surface area contributed by atoms with Gasteiger partial charge in [0.15, 0.2) is 0 Å². The molecule has 0 radical (unpaired) electrons. The van der Waals surface area contributed by atoms with Crippen LogP contribution in [0.4, 0.5) is 0 Å². The Morgan fingerprint density at radius 1 is 1.11 bits per heavy atom. The molecule has 0 heterocycles. The Labute approximate surface area is 109 Å². The lowest BCUT2D eigenvalue weighted by Crippen LogP contribution is -2.29. The smallest absolute Gasteiger partial charge is 0.220 e. The number of carbonyl (C=O) groups is 2. The summed E-state index contributed by atoms with van der Waals surface area (Å²) in [5.41, 5.74) is 10.7. The molecule has 5 N–H and O–H groups in total. The van der Waals surface area contributed by atoms with Crippen molar-refractivity contribution in [2.45, 2.75) is 44.9 Å². The average Bonchev–Trinajstić information content (AvgIpc) is 2.35. The van der Waals surface area contributed by atoms with E-state index in [1.807, 2.05) is 0 Å². The minimum absolute atomic E-state index is 0.0932. The molecule has 2 amide bonds. The van der Waals surface area contributed by atoms with E-state index in [0.717, 1.165) is 32.2 Å². The van der Waals surface area contributed by atoms with Crippen molar-refractivity contribution >= 4 is 11.8 Å². The van der Waals surface area contributed by atoms with Gasteiger partial charge in [0, 0.05) is 19.4 Å². The molecule has 1 aliphatic carbocycles. The monoisotopic (exact) mass is 255 g/mol. The Bertz CT molecular complexity index is 273. The molecule has 5 nitrogen and oxygen atoms in total. The maximum atomic E-state index is 11.7. The quantitative estimate of drug-likeness (QED) is 0.578. The molecule has 104 valence electrons. The number of amides is 2. The largest absolute Gasteiger partial charge is 0.370 e. The van der Waals surface area contributed by atoms with Crippen LogP contribution in [0.25, 0.3) is 0 Å².